The Labute approximate surface area is 118 Å². The van der Waals surface area contributed by atoms with Gasteiger partial charge in [-0.05, 0) is 30.7 Å². The number of aromatic nitrogens is 3. The van der Waals surface area contributed by atoms with E-state index in [0.717, 1.165) is 23.8 Å². The first kappa shape index (κ1) is 14.0. The lowest BCUT2D eigenvalue weighted by Gasteiger charge is -2.07. The minimum absolute atomic E-state index is 0.412. The van der Waals surface area contributed by atoms with Gasteiger partial charge < -0.3 is 5.32 Å². The number of halogens is 1. The molecule has 0 bridgehead atoms. The minimum atomic E-state index is 0.412. The van der Waals surface area contributed by atoms with Crippen LogP contribution in [0.1, 0.15) is 38.1 Å². The fourth-order valence-corrected chi connectivity index (χ4v) is 1.91. The lowest BCUT2D eigenvalue weighted by Crippen LogP contribution is -2.14. The molecule has 0 saturated carbocycles. The Kier molecular flexibility index (Phi) is 4.56. The molecule has 0 aliphatic carbocycles. The van der Waals surface area contributed by atoms with Gasteiger partial charge in [-0.2, -0.15) is 5.10 Å². The maximum Gasteiger partial charge on any atom is 0.153 e. The van der Waals surface area contributed by atoms with Crippen molar-refractivity contribution in [1.29, 1.82) is 0 Å². The molecular formula is C14H19ClN4. The second kappa shape index (κ2) is 6.17. The van der Waals surface area contributed by atoms with Crippen molar-refractivity contribution in [3.8, 4) is 5.82 Å². The van der Waals surface area contributed by atoms with Crippen LogP contribution in [0.2, 0.25) is 5.02 Å². The molecule has 2 heterocycles. The number of hydrogen-bond donors (Lipinski definition) is 1. The quantitative estimate of drug-likeness (QED) is 0.914. The van der Waals surface area contributed by atoms with Gasteiger partial charge in [0.25, 0.3) is 0 Å². The molecule has 102 valence electrons. The number of rotatable bonds is 5. The van der Waals surface area contributed by atoms with E-state index >= 15 is 0 Å². The maximum absolute atomic E-state index is 6.14. The highest BCUT2D eigenvalue weighted by Crippen LogP contribution is 2.17. The topological polar surface area (TPSA) is 42.7 Å². The Morgan fingerprint density at radius 2 is 2.11 bits per heavy atom. The first-order valence-electron chi connectivity index (χ1n) is 6.54. The highest BCUT2D eigenvalue weighted by Gasteiger charge is 2.08. The van der Waals surface area contributed by atoms with Gasteiger partial charge in [0.15, 0.2) is 5.82 Å². The molecule has 2 aromatic rings. The van der Waals surface area contributed by atoms with Gasteiger partial charge in [0.05, 0.1) is 16.4 Å². The van der Waals surface area contributed by atoms with Crippen molar-refractivity contribution in [1.82, 2.24) is 20.1 Å². The van der Waals surface area contributed by atoms with Gasteiger partial charge in [0.2, 0.25) is 0 Å². The van der Waals surface area contributed by atoms with Crippen LogP contribution in [0.3, 0.4) is 0 Å². The SMILES string of the molecule is CCNCc1nc(-n2ccc(C(C)C)n2)ccc1Cl. The van der Waals surface area contributed by atoms with Crippen LogP contribution in [-0.4, -0.2) is 21.3 Å². The molecule has 0 aliphatic heterocycles. The number of pyridine rings is 1. The molecule has 0 amide bonds. The Morgan fingerprint density at radius 1 is 1.32 bits per heavy atom. The van der Waals surface area contributed by atoms with Gasteiger partial charge in [-0.15, -0.1) is 0 Å². The third-order valence-corrected chi connectivity index (χ3v) is 3.23. The summed E-state index contributed by atoms with van der Waals surface area (Å²) in [6.07, 6.45) is 1.93. The van der Waals surface area contributed by atoms with Crippen molar-refractivity contribution in [2.75, 3.05) is 6.54 Å². The molecule has 1 N–H and O–H groups in total. The summed E-state index contributed by atoms with van der Waals surface area (Å²) in [5, 5.41) is 8.43. The number of nitrogens with one attached hydrogen (secondary N) is 1. The molecule has 0 atom stereocenters. The largest absolute Gasteiger partial charge is 0.311 e. The maximum atomic E-state index is 6.14. The van der Waals surface area contributed by atoms with Gasteiger partial charge in [0.1, 0.15) is 0 Å². The van der Waals surface area contributed by atoms with E-state index in [1.165, 1.54) is 0 Å². The average molecular weight is 279 g/mol. The van der Waals surface area contributed by atoms with Crippen molar-refractivity contribution in [2.45, 2.75) is 33.2 Å². The van der Waals surface area contributed by atoms with E-state index in [4.69, 9.17) is 11.6 Å². The fraction of sp³-hybridized carbons (Fsp3) is 0.429. The van der Waals surface area contributed by atoms with Gasteiger partial charge in [-0.1, -0.05) is 32.4 Å². The summed E-state index contributed by atoms with van der Waals surface area (Å²) in [5.74, 6) is 1.21. The predicted molar refractivity (Wildman–Crippen MR) is 77.8 cm³/mol. The highest BCUT2D eigenvalue weighted by atomic mass is 35.5. The van der Waals surface area contributed by atoms with E-state index < -0.39 is 0 Å². The van der Waals surface area contributed by atoms with Crippen molar-refractivity contribution in [3.05, 3.63) is 40.8 Å². The van der Waals surface area contributed by atoms with E-state index in [1.54, 1.807) is 4.68 Å². The van der Waals surface area contributed by atoms with E-state index in [1.807, 2.05) is 24.4 Å². The molecule has 0 fully saturated rings. The lowest BCUT2D eigenvalue weighted by atomic mass is 10.1. The zero-order chi connectivity index (χ0) is 13.8. The zero-order valence-corrected chi connectivity index (χ0v) is 12.3. The summed E-state index contributed by atoms with van der Waals surface area (Å²) in [7, 11) is 0. The van der Waals surface area contributed by atoms with Crippen LogP contribution in [0.4, 0.5) is 0 Å². The predicted octanol–water partition coefficient (Wildman–Crippen LogP) is 3.15. The van der Waals surface area contributed by atoms with Crippen molar-refractivity contribution >= 4 is 11.6 Å². The molecule has 0 aromatic carbocycles. The van der Waals surface area contributed by atoms with Gasteiger partial charge in [-0.25, -0.2) is 9.67 Å². The standard InChI is InChI=1S/C14H19ClN4/c1-4-16-9-13-11(15)5-6-14(17-13)19-8-7-12(18-19)10(2)3/h5-8,10,16H,4,9H2,1-3H3. The van der Waals surface area contributed by atoms with Crippen LogP contribution in [0.15, 0.2) is 24.4 Å². The van der Waals surface area contributed by atoms with Crippen LogP contribution >= 0.6 is 11.6 Å². The van der Waals surface area contributed by atoms with Gasteiger partial charge >= 0.3 is 0 Å². The molecule has 2 aromatic heterocycles. The molecule has 0 radical (unpaired) electrons. The molecule has 0 aliphatic rings. The third kappa shape index (κ3) is 3.33. The summed E-state index contributed by atoms with van der Waals surface area (Å²) in [5.41, 5.74) is 1.91. The molecule has 0 saturated heterocycles. The molecule has 19 heavy (non-hydrogen) atoms. The number of hydrogen-bond acceptors (Lipinski definition) is 3. The first-order chi connectivity index (χ1) is 9.11. The Balaban J connectivity index is 2.28. The first-order valence-corrected chi connectivity index (χ1v) is 6.91. The average Bonchev–Trinajstić information content (AvgIpc) is 2.87. The van der Waals surface area contributed by atoms with Crippen molar-refractivity contribution in [2.24, 2.45) is 0 Å². The van der Waals surface area contributed by atoms with Crippen molar-refractivity contribution in [3.63, 3.8) is 0 Å². The number of nitrogens with zero attached hydrogens (tertiary/aromatic N) is 3. The van der Waals surface area contributed by atoms with Crippen LogP contribution in [-0.2, 0) is 6.54 Å². The third-order valence-electron chi connectivity index (χ3n) is 2.88. The second-order valence-electron chi connectivity index (χ2n) is 4.72. The summed E-state index contributed by atoms with van der Waals surface area (Å²) in [4.78, 5) is 4.56. The van der Waals surface area contributed by atoms with E-state index in [-0.39, 0.29) is 0 Å². The molecule has 4 nitrogen and oxygen atoms in total. The smallest absolute Gasteiger partial charge is 0.153 e. The molecule has 0 spiro atoms. The van der Waals surface area contributed by atoms with Crippen LogP contribution in [0, 0.1) is 0 Å². The molecule has 5 heteroatoms. The van der Waals surface area contributed by atoms with Crippen molar-refractivity contribution < 1.29 is 0 Å². The zero-order valence-electron chi connectivity index (χ0n) is 11.5. The van der Waals surface area contributed by atoms with Crippen LogP contribution < -0.4 is 5.32 Å². The van der Waals surface area contributed by atoms with Crippen LogP contribution in [0.5, 0.6) is 0 Å². The summed E-state index contributed by atoms with van der Waals surface area (Å²) >= 11 is 6.14. The van der Waals surface area contributed by atoms with Crippen LogP contribution in [0.25, 0.3) is 5.82 Å². The highest BCUT2D eigenvalue weighted by molar-refractivity contribution is 6.31. The lowest BCUT2D eigenvalue weighted by molar-refractivity contribution is 0.701. The monoisotopic (exact) mass is 278 g/mol. The summed E-state index contributed by atoms with van der Waals surface area (Å²) in [6.45, 7) is 7.86. The van der Waals surface area contributed by atoms with Gasteiger partial charge in [-0.3, -0.25) is 0 Å². The van der Waals surface area contributed by atoms with E-state index in [2.05, 4.69) is 36.2 Å². The Hall–Kier alpha value is -1.39. The summed E-state index contributed by atoms with van der Waals surface area (Å²) in [6, 6.07) is 5.77. The Morgan fingerprint density at radius 3 is 2.74 bits per heavy atom. The Bertz CT molecular complexity index is 548. The molecular weight excluding hydrogens is 260 g/mol. The van der Waals surface area contributed by atoms with Gasteiger partial charge in [0, 0.05) is 12.7 Å². The minimum Gasteiger partial charge on any atom is -0.311 e. The fourth-order valence-electron chi connectivity index (χ4n) is 1.74. The molecule has 0 unspecified atom stereocenters. The molecule has 2 rings (SSSR count). The second-order valence-corrected chi connectivity index (χ2v) is 5.13. The normalized spacial score (nSPS) is 11.2. The van der Waals surface area contributed by atoms with E-state index in [9.17, 15) is 0 Å². The summed E-state index contributed by atoms with van der Waals surface area (Å²) < 4.78 is 1.79. The van der Waals surface area contributed by atoms with E-state index in [0.29, 0.717) is 17.5 Å².